The number of ether oxygens (including phenoxy) is 2. The molecule has 3 aromatic rings. The summed E-state index contributed by atoms with van der Waals surface area (Å²) >= 11 is 3.45. The third-order valence-corrected chi connectivity index (χ3v) is 8.66. The Kier molecular flexibility index (Phi) is 10.7. The SMILES string of the molecule is CC.CC1(C)OB(C2=CCOCC2)OC1(C)C.Cn1c(Cc2ccc(Br)cc2)cn2c(C3=CCOCC3)ncc2c1=O. The number of hydrogen-bond donors (Lipinski definition) is 0. The van der Waals surface area contributed by atoms with Gasteiger partial charge in [-0.3, -0.25) is 9.20 Å². The van der Waals surface area contributed by atoms with Crippen molar-refractivity contribution in [1.82, 2.24) is 14.0 Å². The highest BCUT2D eigenvalue weighted by molar-refractivity contribution is 9.10. The first kappa shape index (κ1) is 32.4. The van der Waals surface area contributed by atoms with Crippen LogP contribution in [0.2, 0.25) is 0 Å². The summed E-state index contributed by atoms with van der Waals surface area (Å²) in [6.07, 6.45) is 10.2. The highest BCUT2D eigenvalue weighted by Crippen LogP contribution is 2.39. The van der Waals surface area contributed by atoms with Crippen LogP contribution in [0.15, 0.2) is 63.6 Å². The molecule has 0 spiro atoms. The van der Waals surface area contributed by atoms with Gasteiger partial charge in [-0.25, -0.2) is 4.98 Å². The zero-order chi connectivity index (χ0) is 30.5. The van der Waals surface area contributed by atoms with Crippen molar-refractivity contribution in [3.63, 3.8) is 0 Å². The first-order valence-corrected chi connectivity index (χ1v) is 15.5. The zero-order valence-corrected chi connectivity index (χ0v) is 27.5. The van der Waals surface area contributed by atoms with Crippen LogP contribution in [0.3, 0.4) is 0 Å². The summed E-state index contributed by atoms with van der Waals surface area (Å²) in [6, 6.07) is 8.16. The number of rotatable bonds is 4. The van der Waals surface area contributed by atoms with Gasteiger partial charge in [0, 0.05) is 29.8 Å². The molecular weight excluding hydrogens is 597 g/mol. The summed E-state index contributed by atoms with van der Waals surface area (Å²) in [5, 5.41) is 0. The van der Waals surface area contributed by atoms with E-state index in [9.17, 15) is 4.79 Å². The smallest absolute Gasteiger partial charge is 0.400 e. The fourth-order valence-electron chi connectivity index (χ4n) is 4.88. The lowest BCUT2D eigenvalue weighted by Gasteiger charge is -2.32. The van der Waals surface area contributed by atoms with Gasteiger partial charge in [-0.1, -0.05) is 54.1 Å². The van der Waals surface area contributed by atoms with Gasteiger partial charge < -0.3 is 23.3 Å². The number of fused-ring (bicyclic) bond motifs is 1. The Bertz CT molecular complexity index is 1470. The van der Waals surface area contributed by atoms with E-state index in [0.717, 1.165) is 46.6 Å². The number of imidazole rings is 1. The normalized spacial score (nSPS) is 19.3. The maximum absolute atomic E-state index is 12.7. The van der Waals surface area contributed by atoms with Gasteiger partial charge >= 0.3 is 7.12 Å². The topological polar surface area (TPSA) is 76.2 Å². The van der Waals surface area contributed by atoms with E-state index in [1.807, 2.05) is 49.7 Å². The van der Waals surface area contributed by atoms with Crippen LogP contribution in [0.1, 0.15) is 71.5 Å². The number of hydrogen-bond acceptors (Lipinski definition) is 6. The second-order valence-corrected chi connectivity index (χ2v) is 12.3. The molecule has 1 aromatic carbocycles. The summed E-state index contributed by atoms with van der Waals surface area (Å²) in [5.74, 6) is 0.841. The molecule has 0 saturated carbocycles. The Hall–Kier alpha value is -2.50. The molecule has 5 heterocycles. The predicted molar refractivity (Wildman–Crippen MR) is 172 cm³/mol. The zero-order valence-electron chi connectivity index (χ0n) is 25.9. The molecule has 0 bridgehead atoms. The van der Waals surface area contributed by atoms with E-state index in [1.165, 1.54) is 5.47 Å². The molecule has 1 fully saturated rings. The molecule has 10 heteroatoms. The van der Waals surface area contributed by atoms with Crippen LogP contribution >= 0.6 is 15.9 Å². The lowest BCUT2D eigenvalue weighted by atomic mass is 9.75. The standard InChI is InChI=1S/C19H18BrN3O2.C11H19BO3.C2H6/c1-22-16(10-13-2-4-15(20)5-3-13)12-23-17(19(22)24)11-21-18(23)14-6-8-25-9-7-14;1-10(2)11(3,4)15-12(14-10)9-5-7-13-8-6-9;1-2/h2-6,11-12H,7-10H2,1H3;5H,6-8H2,1-4H3;1-2H3. The van der Waals surface area contributed by atoms with Crippen LogP contribution in [0, 0.1) is 0 Å². The molecule has 0 radical (unpaired) electrons. The van der Waals surface area contributed by atoms with Gasteiger partial charge in [-0.05, 0) is 69.3 Å². The van der Waals surface area contributed by atoms with E-state index in [1.54, 1.807) is 10.8 Å². The lowest BCUT2D eigenvalue weighted by molar-refractivity contribution is 0.00578. The first-order valence-electron chi connectivity index (χ1n) is 14.8. The molecule has 42 heavy (non-hydrogen) atoms. The third kappa shape index (κ3) is 7.17. The van der Waals surface area contributed by atoms with E-state index in [0.29, 0.717) is 31.8 Å². The Balaban J connectivity index is 0.000000204. The Morgan fingerprint density at radius 1 is 0.952 bits per heavy atom. The highest BCUT2D eigenvalue weighted by Gasteiger charge is 2.52. The average molecular weight is 640 g/mol. The molecule has 0 unspecified atom stereocenters. The number of halogens is 1. The van der Waals surface area contributed by atoms with Crippen molar-refractivity contribution in [2.24, 2.45) is 7.05 Å². The van der Waals surface area contributed by atoms with Crippen LogP contribution in [0.25, 0.3) is 11.1 Å². The molecule has 3 aliphatic heterocycles. The molecule has 1 saturated heterocycles. The molecule has 0 aliphatic carbocycles. The average Bonchev–Trinajstić information content (AvgIpc) is 3.52. The van der Waals surface area contributed by atoms with Gasteiger partial charge in [0.2, 0.25) is 0 Å². The van der Waals surface area contributed by atoms with Crippen LogP contribution in [-0.4, -0.2) is 58.7 Å². The van der Waals surface area contributed by atoms with E-state index < -0.39 is 0 Å². The molecule has 3 aliphatic rings. The van der Waals surface area contributed by atoms with Gasteiger partial charge in [0.25, 0.3) is 5.56 Å². The van der Waals surface area contributed by atoms with E-state index >= 15 is 0 Å². The maximum Gasteiger partial charge on any atom is 0.490 e. The molecule has 226 valence electrons. The van der Waals surface area contributed by atoms with Crippen molar-refractivity contribution >= 4 is 34.1 Å². The van der Waals surface area contributed by atoms with Gasteiger partial charge in [0.15, 0.2) is 0 Å². The van der Waals surface area contributed by atoms with Gasteiger partial charge in [0.05, 0.1) is 43.8 Å². The molecule has 8 nitrogen and oxygen atoms in total. The Morgan fingerprint density at radius 2 is 1.57 bits per heavy atom. The number of benzene rings is 1. The minimum Gasteiger partial charge on any atom is -0.400 e. The van der Waals surface area contributed by atoms with Crippen molar-refractivity contribution < 1.29 is 18.8 Å². The van der Waals surface area contributed by atoms with Crippen molar-refractivity contribution in [2.45, 2.75) is 72.0 Å². The molecule has 0 N–H and O–H groups in total. The summed E-state index contributed by atoms with van der Waals surface area (Å²) < 4.78 is 27.3. The predicted octanol–water partition coefficient (Wildman–Crippen LogP) is 6.18. The second kappa shape index (κ2) is 13.9. The minimum absolute atomic E-state index is 0.0268. The monoisotopic (exact) mass is 639 g/mol. The summed E-state index contributed by atoms with van der Waals surface area (Å²) in [7, 11) is 1.63. The largest absolute Gasteiger partial charge is 0.490 e. The molecule has 0 amide bonds. The Morgan fingerprint density at radius 3 is 2.14 bits per heavy atom. The van der Waals surface area contributed by atoms with E-state index in [-0.39, 0.29) is 23.9 Å². The van der Waals surface area contributed by atoms with Crippen molar-refractivity contribution in [1.29, 1.82) is 0 Å². The fraction of sp³-hybridized carbons (Fsp3) is 0.500. The Labute approximate surface area is 258 Å². The highest BCUT2D eigenvalue weighted by atomic mass is 79.9. The van der Waals surface area contributed by atoms with Crippen LogP contribution in [0.5, 0.6) is 0 Å². The quantitative estimate of drug-likeness (QED) is 0.317. The summed E-state index contributed by atoms with van der Waals surface area (Å²) in [4.78, 5) is 17.2. The van der Waals surface area contributed by atoms with Crippen LogP contribution in [-0.2, 0) is 32.3 Å². The van der Waals surface area contributed by atoms with Gasteiger partial charge in [-0.15, -0.1) is 0 Å². The lowest BCUT2D eigenvalue weighted by Crippen LogP contribution is -2.41. The van der Waals surface area contributed by atoms with Crippen molar-refractivity contribution in [3.8, 4) is 0 Å². The molecule has 2 aromatic heterocycles. The molecule has 0 atom stereocenters. The first-order chi connectivity index (χ1) is 20.1. The summed E-state index contributed by atoms with van der Waals surface area (Å²) in [5.41, 5.74) is 4.56. The molecular formula is C32H43BBrN3O5. The van der Waals surface area contributed by atoms with Gasteiger partial charge in [-0.2, -0.15) is 0 Å². The number of aromatic nitrogens is 3. The van der Waals surface area contributed by atoms with Crippen molar-refractivity contribution in [2.75, 3.05) is 26.4 Å². The maximum atomic E-state index is 12.7. The summed E-state index contributed by atoms with van der Waals surface area (Å²) in [6.45, 7) is 15.0. The fourth-order valence-corrected chi connectivity index (χ4v) is 5.15. The van der Waals surface area contributed by atoms with Gasteiger partial charge in [0.1, 0.15) is 11.3 Å². The minimum atomic E-state index is -0.239. The third-order valence-electron chi connectivity index (χ3n) is 8.13. The van der Waals surface area contributed by atoms with Crippen LogP contribution in [0.4, 0.5) is 0 Å². The molecule has 6 rings (SSSR count). The second-order valence-electron chi connectivity index (χ2n) is 11.4. The van der Waals surface area contributed by atoms with Crippen molar-refractivity contribution in [3.05, 3.63) is 86.2 Å². The van der Waals surface area contributed by atoms with E-state index in [2.05, 4.69) is 66.8 Å². The number of nitrogens with zero attached hydrogens (tertiary/aromatic N) is 3. The van der Waals surface area contributed by atoms with E-state index in [4.69, 9.17) is 18.8 Å². The van der Waals surface area contributed by atoms with Crippen LogP contribution < -0.4 is 5.56 Å².